The zero-order valence-electron chi connectivity index (χ0n) is 12.3. The van der Waals surface area contributed by atoms with Crippen molar-refractivity contribution in [2.45, 2.75) is 56.4 Å². The van der Waals surface area contributed by atoms with E-state index in [0.717, 1.165) is 12.8 Å². The highest BCUT2D eigenvalue weighted by Crippen LogP contribution is 2.28. The molecule has 0 aromatic carbocycles. The fourth-order valence-corrected chi connectivity index (χ4v) is 5.55. The molecule has 2 amide bonds. The maximum Gasteiger partial charge on any atom is 0.246 e. The van der Waals surface area contributed by atoms with Crippen molar-refractivity contribution in [3.05, 3.63) is 0 Å². The zero-order chi connectivity index (χ0) is 15.2. The number of carbonyl (C=O) groups is 2. The minimum atomic E-state index is -3.10. The van der Waals surface area contributed by atoms with Crippen molar-refractivity contribution in [3.63, 3.8) is 0 Å². The summed E-state index contributed by atoms with van der Waals surface area (Å²) >= 11 is 0. The Bertz CT molecular complexity index is 559. The number of hydrogen-bond donors (Lipinski definition) is 0. The number of piperidine rings is 1. The van der Waals surface area contributed by atoms with E-state index in [1.807, 2.05) is 0 Å². The Balaban J connectivity index is 1.81. The average Bonchev–Trinajstić information content (AvgIpc) is 2.80. The van der Waals surface area contributed by atoms with Crippen LogP contribution < -0.4 is 0 Å². The maximum absolute atomic E-state index is 12.7. The second-order valence-corrected chi connectivity index (χ2v) is 8.74. The van der Waals surface area contributed by atoms with Crippen molar-refractivity contribution in [1.29, 1.82) is 0 Å². The topological polar surface area (TPSA) is 74.8 Å². The lowest BCUT2D eigenvalue weighted by atomic mass is 9.95. The first-order chi connectivity index (χ1) is 9.92. The first-order valence-corrected chi connectivity index (χ1v) is 9.46. The van der Waals surface area contributed by atoms with Crippen LogP contribution in [0.4, 0.5) is 0 Å². The normalized spacial score (nSPS) is 36.0. The summed E-state index contributed by atoms with van der Waals surface area (Å²) in [5.74, 6) is 0.107. The zero-order valence-corrected chi connectivity index (χ0v) is 13.1. The summed E-state index contributed by atoms with van der Waals surface area (Å²) in [6.07, 6.45) is 3.85. The van der Waals surface area contributed by atoms with E-state index in [0.29, 0.717) is 25.8 Å². The summed E-state index contributed by atoms with van der Waals surface area (Å²) in [5, 5.41) is -0.494. The second-order valence-electron chi connectivity index (χ2n) is 6.34. The van der Waals surface area contributed by atoms with Gasteiger partial charge in [-0.2, -0.15) is 0 Å². The molecule has 21 heavy (non-hydrogen) atoms. The van der Waals surface area contributed by atoms with Gasteiger partial charge in [0.15, 0.2) is 9.84 Å². The van der Waals surface area contributed by atoms with Gasteiger partial charge in [-0.05, 0) is 39.0 Å². The lowest BCUT2D eigenvalue weighted by Crippen LogP contribution is -2.66. The molecule has 0 spiro atoms. The molecule has 0 aromatic heterocycles. The van der Waals surface area contributed by atoms with Crippen molar-refractivity contribution >= 4 is 21.7 Å². The fraction of sp³-hybridized carbons (Fsp3) is 0.857. The first kappa shape index (κ1) is 14.8. The van der Waals surface area contributed by atoms with E-state index in [4.69, 9.17) is 0 Å². The van der Waals surface area contributed by atoms with E-state index in [9.17, 15) is 18.0 Å². The Morgan fingerprint density at radius 1 is 1.10 bits per heavy atom. The van der Waals surface area contributed by atoms with E-state index in [2.05, 4.69) is 0 Å². The molecule has 3 heterocycles. The van der Waals surface area contributed by atoms with Crippen molar-refractivity contribution in [1.82, 2.24) is 9.80 Å². The molecule has 7 heteroatoms. The molecule has 0 aliphatic carbocycles. The first-order valence-electron chi connectivity index (χ1n) is 7.74. The van der Waals surface area contributed by atoms with Crippen LogP contribution in [0.25, 0.3) is 0 Å². The second kappa shape index (κ2) is 5.26. The minimum absolute atomic E-state index is 0.0327. The molecule has 0 N–H and O–H groups in total. The highest BCUT2D eigenvalue weighted by molar-refractivity contribution is 7.92. The van der Waals surface area contributed by atoms with E-state index < -0.39 is 21.1 Å². The summed E-state index contributed by atoms with van der Waals surface area (Å²) in [6.45, 7) is 2.54. The molecule has 0 radical (unpaired) electrons. The number of hydrogen-bond acceptors (Lipinski definition) is 4. The molecular formula is C14H22N2O4S. The molecule has 0 bridgehead atoms. The van der Waals surface area contributed by atoms with E-state index in [-0.39, 0.29) is 30.2 Å². The van der Waals surface area contributed by atoms with Crippen LogP contribution in [0.15, 0.2) is 0 Å². The molecular weight excluding hydrogens is 292 g/mol. The molecule has 3 rings (SSSR count). The number of carbonyl (C=O) groups excluding carboxylic acids is 2. The van der Waals surface area contributed by atoms with Gasteiger partial charge in [-0.1, -0.05) is 0 Å². The van der Waals surface area contributed by atoms with Gasteiger partial charge < -0.3 is 9.80 Å². The van der Waals surface area contributed by atoms with Crippen LogP contribution >= 0.6 is 0 Å². The SMILES string of the molecule is CC1C(=O)N2CCCCC2C(=O)N1CC1CCCS1(=O)=O. The standard InChI is InChI=1S/C14H22N2O4S/c1-10-13(17)15-7-3-2-6-12(15)14(18)16(10)9-11-5-4-8-21(11,19)20/h10-12H,2-9H2,1H3. The van der Waals surface area contributed by atoms with Crippen LogP contribution in [0.1, 0.15) is 39.0 Å². The maximum atomic E-state index is 12.7. The molecule has 6 nitrogen and oxygen atoms in total. The van der Waals surface area contributed by atoms with E-state index in [1.54, 1.807) is 11.8 Å². The minimum Gasteiger partial charge on any atom is -0.329 e. The molecule has 0 aromatic rings. The summed E-state index contributed by atoms with van der Waals surface area (Å²) in [4.78, 5) is 28.3. The van der Waals surface area contributed by atoms with Crippen molar-refractivity contribution in [2.24, 2.45) is 0 Å². The fourth-order valence-electron chi connectivity index (χ4n) is 3.74. The van der Waals surface area contributed by atoms with Crippen molar-refractivity contribution < 1.29 is 18.0 Å². The highest BCUT2D eigenvalue weighted by atomic mass is 32.2. The Labute approximate surface area is 125 Å². The predicted molar refractivity (Wildman–Crippen MR) is 77.3 cm³/mol. The molecule has 3 aliphatic rings. The molecule has 3 atom stereocenters. The van der Waals surface area contributed by atoms with Gasteiger partial charge in [0, 0.05) is 13.1 Å². The van der Waals surface area contributed by atoms with Crippen molar-refractivity contribution in [2.75, 3.05) is 18.8 Å². The summed E-state index contributed by atoms with van der Waals surface area (Å²) in [7, 11) is -3.10. The summed E-state index contributed by atoms with van der Waals surface area (Å²) in [6, 6.07) is -0.908. The van der Waals surface area contributed by atoms with Crippen LogP contribution in [0.3, 0.4) is 0 Å². The van der Waals surface area contributed by atoms with Gasteiger partial charge in [0.25, 0.3) is 0 Å². The van der Waals surface area contributed by atoms with Gasteiger partial charge in [0.05, 0.1) is 11.0 Å². The number of piperazine rings is 1. The Morgan fingerprint density at radius 3 is 2.52 bits per heavy atom. The monoisotopic (exact) mass is 314 g/mol. The third-order valence-corrected chi connectivity index (χ3v) is 7.30. The van der Waals surface area contributed by atoms with Crippen LogP contribution in [-0.4, -0.2) is 66.2 Å². The molecule has 3 fully saturated rings. The third-order valence-electron chi connectivity index (χ3n) is 5.04. The molecule has 3 unspecified atom stereocenters. The Kier molecular flexibility index (Phi) is 3.71. The van der Waals surface area contributed by atoms with Crippen molar-refractivity contribution in [3.8, 4) is 0 Å². The van der Waals surface area contributed by atoms with Gasteiger partial charge in [-0.25, -0.2) is 8.42 Å². The lowest BCUT2D eigenvalue weighted by molar-refractivity contribution is -0.162. The number of amides is 2. The summed E-state index contributed by atoms with van der Waals surface area (Å²) in [5.41, 5.74) is 0. The molecule has 0 saturated carbocycles. The van der Waals surface area contributed by atoms with Gasteiger partial charge in [-0.3, -0.25) is 9.59 Å². The number of fused-ring (bicyclic) bond motifs is 1. The quantitative estimate of drug-likeness (QED) is 0.728. The molecule has 118 valence electrons. The van der Waals surface area contributed by atoms with E-state index >= 15 is 0 Å². The largest absolute Gasteiger partial charge is 0.329 e. The number of rotatable bonds is 2. The van der Waals surface area contributed by atoms with Crippen LogP contribution in [0, 0.1) is 0 Å². The van der Waals surface area contributed by atoms with Gasteiger partial charge in [0.1, 0.15) is 12.1 Å². The van der Waals surface area contributed by atoms with Crippen LogP contribution in [-0.2, 0) is 19.4 Å². The highest BCUT2D eigenvalue weighted by Gasteiger charge is 2.46. The van der Waals surface area contributed by atoms with Crippen LogP contribution in [0.2, 0.25) is 0 Å². The van der Waals surface area contributed by atoms with Gasteiger partial charge >= 0.3 is 0 Å². The average molecular weight is 314 g/mol. The number of nitrogens with zero attached hydrogens (tertiary/aromatic N) is 2. The van der Waals surface area contributed by atoms with Gasteiger partial charge in [-0.15, -0.1) is 0 Å². The van der Waals surface area contributed by atoms with E-state index in [1.165, 1.54) is 4.90 Å². The Morgan fingerprint density at radius 2 is 1.86 bits per heavy atom. The third kappa shape index (κ3) is 2.45. The lowest BCUT2D eigenvalue weighted by Gasteiger charge is -2.46. The number of sulfone groups is 1. The Hall–Kier alpha value is -1.11. The summed E-state index contributed by atoms with van der Waals surface area (Å²) < 4.78 is 24.0. The predicted octanol–water partition coefficient (Wildman–Crippen LogP) is 0.175. The van der Waals surface area contributed by atoms with Crippen LogP contribution in [0.5, 0.6) is 0 Å². The smallest absolute Gasteiger partial charge is 0.246 e. The molecule has 3 aliphatic heterocycles. The molecule has 3 saturated heterocycles. The van der Waals surface area contributed by atoms with Gasteiger partial charge in [0.2, 0.25) is 11.8 Å².